The lowest BCUT2D eigenvalue weighted by molar-refractivity contribution is -0.148. The third-order valence-electron chi connectivity index (χ3n) is 7.13. The van der Waals surface area contributed by atoms with E-state index in [0.29, 0.717) is 32.3 Å². The van der Waals surface area contributed by atoms with E-state index in [1.54, 1.807) is 0 Å². The topological polar surface area (TPSA) is 114 Å². The fourth-order valence-electron chi connectivity index (χ4n) is 5.44. The SMILES string of the molecule is O=C(N[C@@H]1CC[C@H](C(=O)N[C@@H]2CCO[C@@H]2C(=O)O)C1)OCC1c2ccccc2-c2ccccc21. The van der Waals surface area contributed by atoms with Crippen LogP contribution in [0.1, 0.15) is 42.7 Å². The first-order chi connectivity index (χ1) is 16.5. The number of carbonyl (C=O) groups excluding carboxylic acids is 2. The van der Waals surface area contributed by atoms with Crippen LogP contribution in [0.15, 0.2) is 48.5 Å². The molecule has 4 atom stereocenters. The van der Waals surface area contributed by atoms with Crippen LogP contribution in [0.5, 0.6) is 0 Å². The lowest BCUT2D eigenvalue weighted by atomic mass is 9.98. The van der Waals surface area contributed by atoms with Crippen molar-refractivity contribution >= 4 is 18.0 Å². The van der Waals surface area contributed by atoms with Crippen molar-refractivity contribution in [1.29, 1.82) is 0 Å². The van der Waals surface area contributed by atoms with Gasteiger partial charge in [-0.25, -0.2) is 9.59 Å². The van der Waals surface area contributed by atoms with E-state index in [1.165, 1.54) is 11.1 Å². The summed E-state index contributed by atoms with van der Waals surface area (Å²) in [5, 5.41) is 14.9. The van der Waals surface area contributed by atoms with Crippen molar-refractivity contribution in [2.24, 2.45) is 5.92 Å². The molecule has 1 heterocycles. The molecule has 178 valence electrons. The fraction of sp³-hybridized carbons (Fsp3) is 0.423. The molecule has 2 aromatic rings. The minimum absolute atomic E-state index is 0.00364. The van der Waals surface area contributed by atoms with Crippen LogP contribution in [-0.2, 0) is 19.1 Å². The zero-order valence-corrected chi connectivity index (χ0v) is 18.7. The number of aliphatic carboxylic acids is 1. The molecule has 2 fully saturated rings. The Morgan fingerprint density at radius 2 is 1.62 bits per heavy atom. The number of rotatable bonds is 6. The number of amides is 2. The van der Waals surface area contributed by atoms with Crippen LogP contribution >= 0.6 is 0 Å². The quantitative estimate of drug-likeness (QED) is 0.606. The smallest absolute Gasteiger partial charge is 0.407 e. The predicted molar refractivity (Wildman–Crippen MR) is 123 cm³/mol. The second kappa shape index (κ2) is 9.46. The molecule has 0 bridgehead atoms. The van der Waals surface area contributed by atoms with Crippen molar-refractivity contribution in [3.63, 3.8) is 0 Å². The molecule has 1 saturated carbocycles. The van der Waals surface area contributed by atoms with Crippen LogP contribution in [0.4, 0.5) is 4.79 Å². The van der Waals surface area contributed by atoms with Crippen molar-refractivity contribution in [2.45, 2.75) is 49.8 Å². The number of benzene rings is 2. The van der Waals surface area contributed by atoms with E-state index in [-0.39, 0.29) is 30.4 Å². The van der Waals surface area contributed by atoms with E-state index < -0.39 is 24.2 Å². The van der Waals surface area contributed by atoms with Crippen LogP contribution in [0.2, 0.25) is 0 Å². The number of fused-ring (bicyclic) bond motifs is 3. The minimum atomic E-state index is -1.07. The number of ether oxygens (including phenoxy) is 2. The van der Waals surface area contributed by atoms with E-state index >= 15 is 0 Å². The van der Waals surface area contributed by atoms with E-state index in [4.69, 9.17) is 9.47 Å². The van der Waals surface area contributed by atoms with Crippen molar-refractivity contribution in [3.05, 3.63) is 59.7 Å². The number of carbonyl (C=O) groups is 3. The van der Waals surface area contributed by atoms with Crippen LogP contribution in [0, 0.1) is 5.92 Å². The van der Waals surface area contributed by atoms with Crippen molar-refractivity contribution in [2.75, 3.05) is 13.2 Å². The molecular weight excluding hydrogens is 436 g/mol. The van der Waals surface area contributed by atoms with Crippen LogP contribution in [0.25, 0.3) is 11.1 Å². The molecule has 34 heavy (non-hydrogen) atoms. The zero-order chi connectivity index (χ0) is 23.7. The molecule has 3 N–H and O–H groups in total. The Kier molecular flexibility index (Phi) is 6.24. The maximum Gasteiger partial charge on any atom is 0.407 e. The van der Waals surface area contributed by atoms with Gasteiger partial charge in [-0.3, -0.25) is 4.79 Å². The Hall–Kier alpha value is -3.39. The summed E-state index contributed by atoms with van der Waals surface area (Å²) in [5.41, 5.74) is 4.67. The first kappa shape index (κ1) is 22.4. The van der Waals surface area contributed by atoms with Crippen molar-refractivity contribution in [3.8, 4) is 11.1 Å². The molecule has 1 aliphatic heterocycles. The molecule has 0 aromatic heterocycles. The molecule has 0 radical (unpaired) electrons. The summed E-state index contributed by atoms with van der Waals surface area (Å²) in [6.07, 6.45) is 0.804. The minimum Gasteiger partial charge on any atom is -0.479 e. The second-order valence-corrected chi connectivity index (χ2v) is 9.21. The Balaban J connectivity index is 1.12. The number of hydrogen-bond donors (Lipinski definition) is 3. The summed E-state index contributed by atoms with van der Waals surface area (Å²) >= 11 is 0. The Morgan fingerprint density at radius 3 is 2.29 bits per heavy atom. The van der Waals surface area contributed by atoms with Gasteiger partial charge in [-0.15, -0.1) is 0 Å². The molecule has 2 aromatic carbocycles. The van der Waals surface area contributed by atoms with Gasteiger partial charge < -0.3 is 25.2 Å². The van der Waals surface area contributed by atoms with Crippen molar-refractivity contribution < 1.29 is 29.0 Å². The summed E-state index contributed by atoms with van der Waals surface area (Å²) in [7, 11) is 0. The molecule has 2 amide bonds. The molecule has 8 nitrogen and oxygen atoms in total. The highest BCUT2D eigenvalue weighted by atomic mass is 16.5. The molecular formula is C26H28N2O6. The highest BCUT2D eigenvalue weighted by Gasteiger charge is 2.38. The Labute approximate surface area is 197 Å². The van der Waals surface area contributed by atoms with Gasteiger partial charge in [0.2, 0.25) is 5.91 Å². The molecule has 8 heteroatoms. The van der Waals surface area contributed by atoms with Crippen LogP contribution in [0.3, 0.4) is 0 Å². The van der Waals surface area contributed by atoms with Gasteiger partial charge in [0.15, 0.2) is 6.10 Å². The second-order valence-electron chi connectivity index (χ2n) is 9.21. The normalized spacial score (nSPS) is 25.4. The van der Waals surface area contributed by atoms with Gasteiger partial charge in [-0.05, 0) is 47.9 Å². The molecule has 0 unspecified atom stereocenters. The van der Waals surface area contributed by atoms with E-state index in [1.807, 2.05) is 24.3 Å². The van der Waals surface area contributed by atoms with Crippen molar-refractivity contribution in [1.82, 2.24) is 10.6 Å². The number of alkyl carbamates (subject to hydrolysis) is 1. The number of carboxylic acids is 1. The summed E-state index contributed by atoms with van der Waals surface area (Å²) in [4.78, 5) is 36.4. The number of carboxylic acid groups (broad SMARTS) is 1. The van der Waals surface area contributed by atoms with Gasteiger partial charge in [0.25, 0.3) is 0 Å². The predicted octanol–water partition coefficient (Wildman–Crippen LogP) is 3.05. The summed E-state index contributed by atoms with van der Waals surface area (Å²) in [6.45, 7) is 0.563. The molecule has 1 saturated heterocycles. The molecule has 2 aliphatic carbocycles. The highest BCUT2D eigenvalue weighted by molar-refractivity contribution is 5.82. The Morgan fingerprint density at radius 1 is 0.941 bits per heavy atom. The maximum absolute atomic E-state index is 12.6. The lowest BCUT2D eigenvalue weighted by Gasteiger charge is -2.19. The van der Waals surface area contributed by atoms with Gasteiger partial charge in [-0.2, -0.15) is 0 Å². The summed E-state index contributed by atoms with van der Waals surface area (Å²) in [5.74, 6) is -1.52. The third-order valence-corrected chi connectivity index (χ3v) is 7.13. The van der Waals surface area contributed by atoms with E-state index in [9.17, 15) is 19.5 Å². The molecule has 5 rings (SSSR count). The largest absolute Gasteiger partial charge is 0.479 e. The number of nitrogens with one attached hydrogen (secondary N) is 2. The van der Waals surface area contributed by atoms with Gasteiger partial charge in [0.1, 0.15) is 6.61 Å². The summed E-state index contributed by atoms with van der Waals surface area (Å²) < 4.78 is 10.8. The van der Waals surface area contributed by atoms with Crippen LogP contribution < -0.4 is 10.6 Å². The monoisotopic (exact) mass is 464 g/mol. The van der Waals surface area contributed by atoms with Gasteiger partial charge >= 0.3 is 12.1 Å². The zero-order valence-electron chi connectivity index (χ0n) is 18.7. The van der Waals surface area contributed by atoms with E-state index in [2.05, 4.69) is 34.9 Å². The van der Waals surface area contributed by atoms with Crippen LogP contribution in [-0.4, -0.2) is 54.5 Å². The van der Waals surface area contributed by atoms with E-state index in [0.717, 1.165) is 11.1 Å². The van der Waals surface area contributed by atoms with Gasteiger partial charge in [-0.1, -0.05) is 48.5 Å². The summed E-state index contributed by atoms with van der Waals surface area (Å²) in [6, 6.07) is 15.7. The lowest BCUT2D eigenvalue weighted by Crippen LogP contribution is -2.46. The average Bonchev–Trinajstić information content (AvgIpc) is 3.56. The maximum atomic E-state index is 12.6. The Bertz CT molecular complexity index is 1060. The number of hydrogen-bond acceptors (Lipinski definition) is 5. The van der Waals surface area contributed by atoms with Gasteiger partial charge in [0.05, 0.1) is 6.04 Å². The molecule has 0 spiro atoms. The highest BCUT2D eigenvalue weighted by Crippen LogP contribution is 2.44. The standard InChI is InChI=1S/C26H28N2O6/c29-24(28-22-11-12-33-23(22)25(30)31)15-9-10-16(13-15)27-26(32)34-14-21-19-7-3-1-5-17(19)18-6-2-4-8-20(18)21/h1-8,15-16,21-23H,9-14H2,(H,27,32)(H,28,29)(H,30,31)/t15-,16+,22+,23-/m0/s1. The average molecular weight is 465 g/mol. The first-order valence-corrected chi connectivity index (χ1v) is 11.8. The van der Waals surface area contributed by atoms with Gasteiger partial charge in [0, 0.05) is 24.5 Å². The fourth-order valence-corrected chi connectivity index (χ4v) is 5.44. The molecule has 3 aliphatic rings. The third kappa shape index (κ3) is 4.37. The first-order valence-electron chi connectivity index (χ1n) is 11.8.